The molecule has 0 radical (unpaired) electrons. The molecule has 1 heterocycles. The Morgan fingerprint density at radius 1 is 1.12 bits per heavy atom. The number of carbonyl (C=O) groups is 3. The number of hydrogen-bond donors (Lipinski definition) is 2. The maximum atomic E-state index is 13.1. The Labute approximate surface area is 151 Å². The molecule has 7 nitrogen and oxygen atoms in total. The van der Waals surface area contributed by atoms with Gasteiger partial charge < -0.3 is 15.5 Å². The smallest absolute Gasteiger partial charge is 0.251 e. The Hall–Kier alpha value is -2.48. The second-order valence-corrected chi connectivity index (χ2v) is 6.69. The number of nitrogens with zero attached hydrogens (tertiary/aromatic N) is 2. The van der Waals surface area contributed by atoms with Crippen LogP contribution in [0.5, 0.6) is 0 Å². The lowest BCUT2D eigenvalue weighted by molar-refractivity contribution is -0.132. The molecule has 1 saturated heterocycles. The lowest BCUT2D eigenvalue weighted by Gasteiger charge is -2.34. The number of hydrogen-bond acceptors (Lipinski definition) is 4. The first kappa shape index (κ1) is 18.3. The van der Waals surface area contributed by atoms with Crippen LogP contribution in [0.2, 0.25) is 0 Å². The van der Waals surface area contributed by atoms with E-state index in [1.807, 2.05) is 4.90 Å². The van der Waals surface area contributed by atoms with E-state index in [2.05, 4.69) is 10.6 Å². The van der Waals surface area contributed by atoms with Crippen LogP contribution in [0.25, 0.3) is 0 Å². The summed E-state index contributed by atoms with van der Waals surface area (Å²) in [7, 11) is 0. The second kappa shape index (κ2) is 8.27. The number of amides is 3. The van der Waals surface area contributed by atoms with E-state index >= 15 is 0 Å². The Kier molecular flexibility index (Phi) is 5.82. The Balaban J connectivity index is 1.38. The summed E-state index contributed by atoms with van der Waals surface area (Å²) < 4.78 is 13.1. The highest BCUT2D eigenvalue weighted by molar-refractivity contribution is 5.96. The zero-order valence-corrected chi connectivity index (χ0v) is 14.5. The summed E-state index contributed by atoms with van der Waals surface area (Å²) in [5.74, 6) is -1.12. The predicted octanol–water partition coefficient (Wildman–Crippen LogP) is -0.0217. The van der Waals surface area contributed by atoms with Gasteiger partial charge in [-0.15, -0.1) is 0 Å². The Morgan fingerprint density at radius 3 is 2.50 bits per heavy atom. The van der Waals surface area contributed by atoms with Gasteiger partial charge in [0.25, 0.3) is 5.91 Å². The normalized spacial score (nSPS) is 17.7. The predicted molar refractivity (Wildman–Crippen MR) is 92.9 cm³/mol. The zero-order valence-electron chi connectivity index (χ0n) is 14.5. The molecular weight excluding hydrogens is 339 g/mol. The van der Waals surface area contributed by atoms with E-state index in [1.165, 1.54) is 18.2 Å². The number of benzene rings is 1. The van der Waals surface area contributed by atoms with Crippen molar-refractivity contribution in [3.05, 3.63) is 35.6 Å². The highest BCUT2D eigenvalue weighted by atomic mass is 19.1. The molecule has 2 fully saturated rings. The number of carbonyl (C=O) groups excluding carboxylic acids is 3. The molecule has 0 aromatic heterocycles. The van der Waals surface area contributed by atoms with Crippen LogP contribution in [-0.2, 0) is 9.59 Å². The van der Waals surface area contributed by atoms with Crippen LogP contribution in [0.3, 0.4) is 0 Å². The molecule has 1 saturated carbocycles. The van der Waals surface area contributed by atoms with E-state index < -0.39 is 11.7 Å². The molecule has 26 heavy (non-hydrogen) atoms. The lowest BCUT2D eigenvalue weighted by atomic mass is 10.2. The third kappa shape index (κ3) is 5.26. The molecule has 3 rings (SSSR count). The third-order valence-corrected chi connectivity index (χ3v) is 4.52. The average Bonchev–Trinajstić information content (AvgIpc) is 3.43. The molecule has 3 amide bonds. The van der Waals surface area contributed by atoms with Crippen molar-refractivity contribution in [3.8, 4) is 0 Å². The first-order valence-electron chi connectivity index (χ1n) is 8.84. The van der Waals surface area contributed by atoms with Crippen molar-refractivity contribution in [2.45, 2.75) is 18.9 Å². The van der Waals surface area contributed by atoms with Crippen molar-refractivity contribution >= 4 is 17.7 Å². The van der Waals surface area contributed by atoms with Gasteiger partial charge in [-0.05, 0) is 31.0 Å². The fraction of sp³-hybridized carbons (Fsp3) is 0.500. The van der Waals surface area contributed by atoms with Crippen LogP contribution in [0.15, 0.2) is 24.3 Å². The Morgan fingerprint density at radius 2 is 1.85 bits per heavy atom. The minimum atomic E-state index is -0.495. The van der Waals surface area contributed by atoms with Gasteiger partial charge in [-0.2, -0.15) is 0 Å². The van der Waals surface area contributed by atoms with Crippen LogP contribution in [0, 0.1) is 5.82 Å². The summed E-state index contributed by atoms with van der Waals surface area (Å²) in [4.78, 5) is 39.7. The summed E-state index contributed by atoms with van der Waals surface area (Å²) in [6, 6.07) is 5.68. The first-order chi connectivity index (χ1) is 12.5. The highest BCUT2D eigenvalue weighted by Crippen LogP contribution is 2.18. The quantitative estimate of drug-likeness (QED) is 0.745. The molecule has 140 valence electrons. The van der Waals surface area contributed by atoms with Crippen molar-refractivity contribution in [1.29, 1.82) is 0 Å². The molecule has 0 spiro atoms. The minimum Gasteiger partial charge on any atom is -0.352 e. The first-order valence-corrected chi connectivity index (χ1v) is 8.84. The van der Waals surface area contributed by atoms with E-state index in [9.17, 15) is 18.8 Å². The standard InChI is InChI=1S/C18H23FN4O3/c19-14-3-1-2-13(10-14)18(26)20-11-17(25)23-8-6-22(7-9-23)12-16(24)21-15-4-5-15/h1-3,10,15H,4-9,11-12H2,(H,20,26)(H,21,24). The molecule has 1 aromatic rings. The van der Waals surface area contributed by atoms with E-state index in [1.54, 1.807) is 4.90 Å². The topological polar surface area (TPSA) is 81.8 Å². The van der Waals surface area contributed by atoms with E-state index in [-0.39, 0.29) is 23.9 Å². The fourth-order valence-corrected chi connectivity index (χ4v) is 2.86. The molecule has 2 aliphatic rings. The largest absolute Gasteiger partial charge is 0.352 e. The van der Waals surface area contributed by atoms with Gasteiger partial charge in [0.2, 0.25) is 11.8 Å². The number of piperazine rings is 1. The van der Waals surface area contributed by atoms with Gasteiger partial charge in [-0.3, -0.25) is 19.3 Å². The molecule has 0 bridgehead atoms. The van der Waals surface area contributed by atoms with E-state index in [4.69, 9.17) is 0 Å². The fourth-order valence-electron chi connectivity index (χ4n) is 2.86. The van der Waals surface area contributed by atoms with Crippen molar-refractivity contribution in [2.75, 3.05) is 39.3 Å². The highest BCUT2D eigenvalue weighted by Gasteiger charge is 2.26. The molecular formula is C18H23FN4O3. The van der Waals surface area contributed by atoms with Crippen LogP contribution >= 0.6 is 0 Å². The number of rotatable bonds is 6. The Bertz CT molecular complexity index is 685. The minimum absolute atomic E-state index is 0.0367. The lowest BCUT2D eigenvalue weighted by Crippen LogP contribution is -2.53. The van der Waals surface area contributed by atoms with Crippen molar-refractivity contribution in [3.63, 3.8) is 0 Å². The van der Waals surface area contributed by atoms with Crippen molar-refractivity contribution in [1.82, 2.24) is 20.4 Å². The molecule has 1 aliphatic heterocycles. The number of nitrogens with one attached hydrogen (secondary N) is 2. The average molecular weight is 362 g/mol. The molecule has 8 heteroatoms. The monoisotopic (exact) mass is 362 g/mol. The van der Waals surface area contributed by atoms with Crippen molar-refractivity contribution < 1.29 is 18.8 Å². The van der Waals surface area contributed by atoms with Gasteiger partial charge >= 0.3 is 0 Å². The summed E-state index contributed by atoms with van der Waals surface area (Å²) in [5, 5.41) is 5.47. The van der Waals surface area contributed by atoms with E-state index in [0.717, 1.165) is 18.9 Å². The summed E-state index contributed by atoms with van der Waals surface area (Å²) >= 11 is 0. The summed E-state index contributed by atoms with van der Waals surface area (Å²) in [6.07, 6.45) is 2.13. The second-order valence-electron chi connectivity index (χ2n) is 6.69. The summed E-state index contributed by atoms with van der Waals surface area (Å²) in [6.45, 7) is 2.52. The van der Waals surface area contributed by atoms with Crippen LogP contribution in [0.4, 0.5) is 4.39 Å². The molecule has 1 aromatic carbocycles. The zero-order chi connectivity index (χ0) is 18.5. The molecule has 1 aliphatic carbocycles. The van der Waals surface area contributed by atoms with Gasteiger partial charge in [0.15, 0.2) is 0 Å². The third-order valence-electron chi connectivity index (χ3n) is 4.52. The van der Waals surface area contributed by atoms with Gasteiger partial charge in [0.1, 0.15) is 5.82 Å². The maximum Gasteiger partial charge on any atom is 0.251 e. The molecule has 0 unspecified atom stereocenters. The van der Waals surface area contributed by atoms with Gasteiger partial charge in [0, 0.05) is 37.8 Å². The van der Waals surface area contributed by atoms with Crippen LogP contribution in [-0.4, -0.2) is 72.8 Å². The SMILES string of the molecule is O=C(CN1CCN(C(=O)CNC(=O)c2cccc(F)c2)CC1)NC1CC1. The van der Waals surface area contributed by atoms with Gasteiger partial charge in [-0.1, -0.05) is 6.07 Å². The maximum absolute atomic E-state index is 13.1. The van der Waals surface area contributed by atoms with Crippen LogP contribution in [0.1, 0.15) is 23.2 Å². The van der Waals surface area contributed by atoms with E-state index in [0.29, 0.717) is 38.8 Å². The molecule has 2 N–H and O–H groups in total. The van der Waals surface area contributed by atoms with Crippen LogP contribution < -0.4 is 10.6 Å². The van der Waals surface area contributed by atoms with Crippen molar-refractivity contribution in [2.24, 2.45) is 0 Å². The summed E-state index contributed by atoms with van der Waals surface area (Å²) in [5.41, 5.74) is 0.185. The van der Waals surface area contributed by atoms with Gasteiger partial charge in [-0.25, -0.2) is 4.39 Å². The number of halogens is 1. The van der Waals surface area contributed by atoms with Gasteiger partial charge in [0.05, 0.1) is 13.1 Å². The molecule has 0 atom stereocenters.